The number of nitrogens with one attached hydrogen (secondary N) is 1. The van der Waals surface area contributed by atoms with Gasteiger partial charge in [-0.3, -0.25) is 0 Å². The largest absolute Gasteiger partial charge is 0.383 e. The van der Waals surface area contributed by atoms with E-state index in [0.29, 0.717) is 11.2 Å². The standard InChI is InChI=1S/C15H26N4/c1-9-11(16)18-13(14(2,3)4)19-12(9)17-8-10-7-15(10,5)6/h10H,7-8H2,1-6H3,(H3,16,17,18,19). The maximum absolute atomic E-state index is 6.00. The SMILES string of the molecule is Cc1c(N)nc(C(C)(C)C)nc1NCC1CC1(C)C. The van der Waals surface area contributed by atoms with Crippen molar-refractivity contribution in [3.63, 3.8) is 0 Å². The molecule has 4 heteroatoms. The molecule has 1 unspecified atom stereocenters. The molecule has 0 saturated heterocycles. The predicted octanol–water partition coefficient (Wildman–Crippen LogP) is 3.12. The molecule has 1 aliphatic carbocycles. The summed E-state index contributed by atoms with van der Waals surface area (Å²) in [5, 5.41) is 3.45. The Bertz CT molecular complexity index is 486. The Labute approximate surface area is 116 Å². The predicted molar refractivity (Wildman–Crippen MR) is 80.3 cm³/mol. The number of hydrogen-bond acceptors (Lipinski definition) is 4. The second-order valence-electron chi connectivity index (χ2n) is 7.43. The van der Waals surface area contributed by atoms with Crippen LogP contribution in [0.4, 0.5) is 11.6 Å². The van der Waals surface area contributed by atoms with E-state index >= 15 is 0 Å². The van der Waals surface area contributed by atoms with Gasteiger partial charge in [-0.1, -0.05) is 34.6 Å². The van der Waals surface area contributed by atoms with E-state index in [4.69, 9.17) is 5.73 Å². The molecule has 0 radical (unpaired) electrons. The van der Waals surface area contributed by atoms with Gasteiger partial charge in [-0.25, -0.2) is 9.97 Å². The highest BCUT2D eigenvalue weighted by Crippen LogP contribution is 2.51. The molecule has 1 fully saturated rings. The van der Waals surface area contributed by atoms with E-state index in [2.05, 4.69) is 49.9 Å². The van der Waals surface area contributed by atoms with Gasteiger partial charge in [0.1, 0.15) is 17.5 Å². The Morgan fingerprint density at radius 2 is 1.89 bits per heavy atom. The van der Waals surface area contributed by atoms with E-state index in [0.717, 1.165) is 29.7 Å². The fourth-order valence-electron chi connectivity index (χ4n) is 2.19. The highest BCUT2D eigenvalue weighted by Gasteiger charge is 2.45. The maximum atomic E-state index is 6.00. The summed E-state index contributed by atoms with van der Waals surface area (Å²) in [5.74, 6) is 3.01. The van der Waals surface area contributed by atoms with Crippen LogP contribution >= 0.6 is 0 Å². The monoisotopic (exact) mass is 262 g/mol. The normalized spacial score (nSPS) is 21.3. The maximum Gasteiger partial charge on any atom is 0.138 e. The van der Waals surface area contributed by atoms with Gasteiger partial charge in [0, 0.05) is 17.5 Å². The van der Waals surface area contributed by atoms with Crippen molar-refractivity contribution in [2.75, 3.05) is 17.6 Å². The minimum Gasteiger partial charge on any atom is -0.383 e. The fraction of sp³-hybridized carbons (Fsp3) is 0.733. The van der Waals surface area contributed by atoms with Gasteiger partial charge in [0.15, 0.2) is 0 Å². The highest BCUT2D eigenvalue weighted by atomic mass is 15.1. The average Bonchev–Trinajstić information content (AvgIpc) is 2.87. The van der Waals surface area contributed by atoms with E-state index in [1.54, 1.807) is 0 Å². The van der Waals surface area contributed by atoms with E-state index in [9.17, 15) is 0 Å². The van der Waals surface area contributed by atoms with Gasteiger partial charge in [0.25, 0.3) is 0 Å². The third-order valence-electron chi connectivity index (χ3n) is 4.09. The topological polar surface area (TPSA) is 63.8 Å². The Hall–Kier alpha value is -1.32. The van der Waals surface area contributed by atoms with Crippen molar-refractivity contribution >= 4 is 11.6 Å². The average molecular weight is 262 g/mol. The van der Waals surface area contributed by atoms with Crippen LogP contribution in [0, 0.1) is 18.3 Å². The van der Waals surface area contributed by atoms with Gasteiger partial charge in [0.2, 0.25) is 0 Å². The molecule has 3 N–H and O–H groups in total. The summed E-state index contributed by atoms with van der Waals surface area (Å²) in [6, 6.07) is 0. The Balaban J connectivity index is 2.17. The van der Waals surface area contributed by atoms with Crippen molar-refractivity contribution in [3.8, 4) is 0 Å². The Morgan fingerprint density at radius 1 is 1.32 bits per heavy atom. The lowest BCUT2D eigenvalue weighted by atomic mass is 9.95. The van der Waals surface area contributed by atoms with Gasteiger partial charge < -0.3 is 11.1 Å². The lowest BCUT2D eigenvalue weighted by Gasteiger charge is -2.20. The molecular formula is C15H26N4. The number of rotatable bonds is 3. The van der Waals surface area contributed by atoms with Crippen LogP contribution in [0.2, 0.25) is 0 Å². The molecule has 106 valence electrons. The quantitative estimate of drug-likeness (QED) is 0.878. The first-order valence-corrected chi connectivity index (χ1v) is 7.00. The van der Waals surface area contributed by atoms with Crippen molar-refractivity contribution in [3.05, 3.63) is 11.4 Å². The number of nitrogens with two attached hydrogens (primary N) is 1. The van der Waals surface area contributed by atoms with Crippen molar-refractivity contribution in [1.82, 2.24) is 9.97 Å². The molecule has 1 aliphatic rings. The zero-order chi connectivity index (χ0) is 14.4. The molecule has 4 nitrogen and oxygen atoms in total. The number of nitrogens with zero attached hydrogens (tertiary/aromatic N) is 2. The van der Waals surface area contributed by atoms with Gasteiger partial charge in [-0.05, 0) is 24.7 Å². The molecule has 19 heavy (non-hydrogen) atoms. The summed E-state index contributed by atoms with van der Waals surface area (Å²) in [7, 11) is 0. The molecular weight excluding hydrogens is 236 g/mol. The summed E-state index contributed by atoms with van der Waals surface area (Å²) < 4.78 is 0. The first-order chi connectivity index (χ1) is 8.61. The number of aromatic nitrogens is 2. The molecule has 0 spiro atoms. The Kier molecular flexibility index (Phi) is 3.23. The molecule has 0 bridgehead atoms. The van der Waals surface area contributed by atoms with Gasteiger partial charge in [-0.2, -0.15) is 0 Å². The number of anilines is 2. The van der Waals surface area contributed by atoms with Gasteiger partial charge in [-0.15, -0.1) is 0 Å². The van der Waals surface area contributed by atoms with Crippen LogP contribution in [-0.4, -0.2) is 16.5 Å². The molecule has 0 amide bonds. The van der Waals surface area contributed by atoms with E-state index in [1.807, 2.05) is 6.92 Å². The van der Waals surface area contributed by atoms with Crippen molar-refractivity contribution in [2.45, 2.75) is 53.4 Å². The van der Waals surface area contributed by atoms with Gasteiger partial charge in [0.05, 0.1) is 0 Å². The van der Waals surface area contributed by atoms with Crippen LogP contribution in [0.15, 0.2) is 0 Å². The Morgan fingerprint density at radius 3 is 2.37 bits per heavy atom. The molecule has 0 aromatic carbocycles. The third kappa shape index (κ3) is 2.99. The number of hydrogen-bond donors (Lipinski definition) is 2. The van der Waals surface area contributed by atoms with Crippen molar-refractivity contribution < 1.29 is 0 Å². The van der Waals surface area contributed by atoms with Crippen LogP contribution in [0.3, 0.4) is 0 Å². The third-order valence-corrected chi connectivity index (χ3v) is 4.09. The van der Waals surface area contributed by atoms with Gasteiger partial charge >= 0.3 is 0 Å². The van der Waals surface area contributed by atoms with Crippen LogP contribution in [0.5, 0.6) is 0 Å². The zero-order valence-electron chi connectivity index (χ0n) is 13.0. The molecule has 1 aromatic rings. The fourth-order valence-corrected chi connectivity index (χ4v) is 2.19. The molecule has 0 aliphatic heterocycles. The summed E-state index contributed by atoms with van der Waals surface area (Å²) in [6.07, 6.45) is 1.28. The van der Waals surface area contributed by atoms with Crippen LogP contribution in [0.1, 0.15) is 52.4 Å². The van der Waals surface area contributed by atoms with Crippen molar-refractivity contribution in [1.29, 1.82) is 0 Å². The van der Waals surface area contributed by atoms with E-state index in [1.165, 1.54) is 6.42 Å². The molecule has 1 atom stereocenters. The summed E-state index contributed by atoms with van der Waals surface area (Å²) in [4.78, 5) is 9.05. The highest BCUT2D eigenvalue weighted by molar-refractivity contribution is 5.55. The lowest BCUT2D eigenvalue weighted by Crippen LogP contribution is -2.20. The molecule has 2 rings (SSSR count). The first kappa shape index (κ1) is 14.1. The molecule has 1 saturated carbocycles. The number of nitrogen functional groups attached to an aromatic ring is 1. The zero-order valence-corrected chi connectivity index (χ0v) is 13.0. The van der Waals surface area contributed by atoms with Crippen LogP contribution < -0.4 is 11.1 Å². The van der Waals surface area contributed by atoms with Crippen LogP contribution in [0.25, 0.3) is 0 Å². The minimum atomic E-state index is -0.0862. The smallest absolute Gasteiger partial charge is 0.138 e. The van der Waals surface area contributed by atoms with Crippen LogP contribution in [-0.2, 0) is 5.41 Å². The van der Waals surface area contributed by atoms with E-state index in [-0.39, 0.29) is 5.41 Å². The summed E-state index contributed by atoms with van der Waals surface area (Å²) in [5.41, 5.74) is 7.35. The molecule has 1 aromatic heterocycles. The van der Waals surface area contributed by atoms with Crippen molar-refractivity contribution in [2.24, 2.45) is 11.3 Å². The second kappa shape index (κ2) is 4.36. The second-order valence-corrected chi connectivity index (χ2v) is 7.43. The summed E-state index contributed by atoms with van der Waals surface area (Å²) >= 11 is 0. The minimum absolute atomic E-state index is 0.0862. The summed E-state index contributed by atoms with van der Waals surface area (Å²) in [6.45, 7) is 13.9. The first-order valence-electron chi connectivity index (χ1n) is 7.00. The lowest BCUT2D eigenvalue weighted by molar-refractivity contribution is 0.545. The van der Waals surface area contributed by atoms with E-state index < -0.39 is 0 Å². The molecule has 1 heterocycles.